The Balaban J connectivity index is 1.46. The van der Waals surface area contributed by atoms with Gasteiger partial charge in [0.25, 0.3) is 0 Å². The lowest BCUT2D eigenvalue weighted by molar-refractivity contribution is 0.247. The highest BCUT2D eigenvalue weighted by Crippen LogP contribution is 2.36. The molecule has 0 bridgehead atoms. The van der Waals surface area contributed by atoms with Crippen LogP contribution in [0.3, 0.4) is 0 Å². The summed E-state index contributed by atoms with van der Waals surface area (Å²) in [6.07, 6.45) is 0. The van der Waals surface area contributed by atoms with E-state index >= 15 is 0 Å². The Morgan fingerprint density at radius 1 is 1.00 bits per heavy atom. The fraction of sp³-hybridized carbons (Fsp3) is 0.233. The van der Waals surface area contributed by atoms with E-state index in [0.717, 1.165) is 22.0 Å². The molecule has 0 saturated carbocycles. The van der Waals surface area contributed by atoms with E-state index in [1.54, 1.807) is 14.2 Å². The molecular formula is C30H29N5O3. The average Bonchev–Trinajstić information content (AvgIpc) is 3.34. The van der Waals surface area contributed by atoms with E-state index in [1.165, 1.54) is 0 Å². The van der Waals surface area contributed by atoms with E-state index in [0.29, 0.717) is 42.5 Å². The van der Waals surface area contributed by atoms with Crippen molar-refractivity contribution in [2.24, 2.45) is 0 Å². The van der Waals surface area contributed by atoms with Crippen LogP contribution in [0.4, 0.5) is 10.5 Å². The third-order valence-corrected chi connectivity index (χ3v) is 6.85. The van der Waals surface area contributed by atoms with Crippen LogP contribution >= 0.6 is 0 Å². The van der Waals surface area contributed by atoms with Crippen molar-refractivity contribution in [2.45, 2.75) is 12.0 Å². The van der Waals surface area contributed by atoms with Crippen LogP contribution in [0.5, 0.6) is 11.5 Å². The number of anilines is 1. The highest BCUT2D eigenvalue weighted by molar-refractivity contribution is 5.98. The van der Waals surface area contributed by atoms with Gasteiger partial charge >= 0.3 is 6.03 Å². The lowest BCUT2D eigenvalue weighted by Crippen LogP contribution is -2.42. The minimum atomic E-state index is -0.325. The van der Waals surface area contributed by atoms with Crippen LogP contribution in [0.1, 0.15) is 11.5 Å². The average molecular weight is 508 g/mol. The molecule has 0 spiro atoms. The lowest BCUT2D eigenvalue weighted by atomic mass is 9.94. The predicted molar refractivity (Wildman–Crippen MR) is 147 cm³/mol. The number of nitrogens with zero attached hydrogens (tertiary/aromatic N) is 3. The first-order chi connectivity index (χ1) is 18.6. The van der Waals surface area contributed by atoms with Gasteiger partial charge in [-0.1, -0.05) is 60.7 Å². The number of urea groups is 1. The molecule has 3 aromatic carbocycles. The number of ether oxygens (including phenoxy) is 2. The Morgan fingerprint density at radius 3 is 2.37 bits per heavy atom. The highest BCUT2D eigenvalue weighted by atomic mass is 16.5. The summed E-state index contributed by atoms with van der Waals surface area (Å²) in [5.41, 5.74) is 3.97. The molecule has 0 unspecified atom stereocenters. The van der Waals surface area contributed by atoms with Crippen LogP contribution in [-0.4, -0.2) is 55.8 Å². The topological polar surface area (TPSA) is 99.5 Å². The number of hydrogen-bond acceptors (Lipinski definition) is 6. The van der Waals surface area contributed by atoms with Crippen molar-refractivity contribution in [1.29, 1.82) is 5.26 Å². The lowest BCUT2D eigenvalue weighted by Gasteiger charge is -2.21. The van der Waals surface area contributed by atoms with E-state index in [9.17, 15) is 10.1 Å². The van der Waals surface area contributed by atoms with Gasteiger partial charge in [0.05, 0.1) is 49.8 Å². The molecule has 1 fully saturated rings. The smallest absolute Gasteiger partial charge is 0.319 e. The minimum absolute atomic E-state index is 0.0790. The first-order valence-electron chi connectivity index (χ1n) is 12.4. The van der Waals surface area contributed by atoms with Crippen LogP contribution in [0.2, 0.25) is 0 Å². The third kappa shape index (κ3) is 5.24. The van der Waals surface area contributed by atoms with Crippen LogP contribution < -0.4 is 20.1 Å². The van der Waals surface area contributed by atoms with Crippen LogP contribution in [-0.2, 0) is 0 Å². The molecule has 1 aliphatic rings. The number of benzene rings is 3. The van der Waals surface area contributed by atoms with Gasteiger partial charge < -0.3 is 20.1 Å². The zero-order chi connectivity index (χ0) is 26.5. The number of aromatic nitrogens is 1. The summed E-state index contributed by atoms with van der Waals surface area (Å²) in [5.74, 6) is 1.24. The summed E-state index contributed by atoms with van der Waals surface area (Å²) in [7, 11) is 3.17. The number of methoxy groups -OCH3 is 2. The van der Waals surface area contributed by atoms with Crippen molar-refractivity contribution in [2.75, 3.05) is 39.2 Å². The maximum atomic E-state index is 13.4. The molecule has 8 nitrogen and oxygen atoms in total. The summed E-state index contributed by atoms with van der Waals surface area (Å²) in [6, 6.07) is 27.2. The number of carbonyl (C=O) groups is 1. The van der Waals surface area contributed by atoms with Gasteiger partial charge in [-0.3, -0.25) is 4.90 Å². The number of likely N-dealkylation sites (tertiary alicyclic amines) is 1. The van der Waals surface area contributed by atoms with E-state index in [1.807, 2.05) is 66.7 Å². The van der Waals surface area contributed by atoms with E-state index < -0.39 is 0 Å². The number of fused-ring (bicyclic) bond motifs is 1. The van der Waals surface area contributed by atoms with Gasteiger partial charge in [0.15, 0.2) is 11.5 Å². The molecule has 2 heterocycles. The fourth-order valence-corrected chi connectivity index (χ4v) is 5.04. The summed E-state index contributed by atoms with van der Waals surface area (Å²) in [4.78, 5) is 20.3. The number of hydrogen-bond donors (Lipinski definition) is 2. The summed E-state index contributed by atoms with van der Waals surface area (Å²) in [6.45, 7) is 1.62. The second-order valence-electron chi connectivity index (χ2n) is 9.22. The maximum absolute atomic E-state index is 13.4. The monoisotopic (exact) mass is 507 g/mol. The fourth-order valence-electron chi connectivity index (χ4n) is 5.04. The molecule has 1 aliphatic heterocycles. The Labute approximate surface area is 221 Å². The molecule has 2 amide bonds. The highest BCUT2D eigenvalue weighted by Gasteiger charge is 2.34. The van der Waals surface area contributed by atoms with Crippen LogP contribution in [0.15, 0.2) is 78.9 Å². The van der Waals surface area contributed by atoms with Crippen LogP contribution in [0, 0.1) is 11.3 Å². The van der Waals surface area contributed by atoms with Gasteiger partial charge in [-0.15, -0.1) is 0 Å². The van der Waals surface area contributed by atoms with E-state index in [4.69, 9.17) is 14.5 Å². The molecule has 38 heavy (non-hydrogen) atoms. The van der Waals surface area contributed by atoms with E-state index in [2.05, 4.69) is 33.7 Å². The van der Waals surface area contributed by atoms with Gasteiger partial charge in [-0.25, -0.2) is 9.78 Å². The molecule has 2 atom stereocenters. The first kappa shape index (κ1) is 25.1. The predicted octanol–water partition coefficient (Wildman–Crippen LogP) is 5.03. The summed E-state index contributed by atoms with van der Waals surface area (Å²) in [5, 5.41) is 16.2. The molecule has 1 saturated heterocycles. The Kier molecular flexibility index (Phi) is 7.38. The second kappa shape index (κ2) is 11.2. The van der Waals surface area contributed by atoms with Gasteiger partial charge in [0.1, 0.15) is 0 Å². The van der Waals surface area contributed by atoms with Crippen molar-refractivity contribution in [3.63, 3.8) is 0 Å². The van der Waals surface area contributed by atoms with Gasteiger partial charge in [0, 0.05) is 36.0 Å². The van der Waals surface area contributed by atoms with Crippen molar-refractivity contribution < 1.29 is 14.3 Å². The van der Waals surface area contributed by atoms with Gasteiger partial charge in [-0.2, -0.15) is 5.26 Å². The van der Waals surface area contributed by atoms with Crippen molar-refractivity contribution in [1.82, 2.24) is 15.2 Å². The zero-order valence-corrected chi connectivity index (χ0v) is 21.3. The molecule has 5 rings (SSSR count). The molecule has 2 N–H and O–H groups in total. The first-order valence-corrected chi connectivity index (χ1v) is 12.4. The molecular weight excluding hydrogens is 478 g/mol. The number of nitrogens with one attached hydrogen (secondary N) is 2. The second-order valence-corrected chi connectivity index (χ2v) is 9.22. The Morgan fingerprint density at radius 2 is 1.68 bits per heavy atom. The molecule has 0 aliphatic carbocycles. The normalized spacial score (nSPS) is 17.1. The molecule has 1 aromatic heterocycles. The number of pyridine rings is 1. The van der Waals surface area contributed by atoms with E-state index in [-0.39, 0.29) is 18.0 Å². The SMILES string of the molecule is COc1cc2cc(NC(=O)N[C@@H]3CN(CC#N)C[C@H]3c3ccccc3)c(-c3ccccc3)nc2cc1OC. The summed E-state index contributed by atoms with van der Waals surface area (Å²) < 4.78 is 10.9. The quantitative estimate of drug-likeness (QED) is 0.340. The molecule has 4 aromatic rings. The Bertz CT molecular complexity index is 1470. The molecule has 8 heteroatoms. The zero-order valence-electron chi connectivity index (χ0n) is 21.3. The van der Waals surface area contributed by atoms with Crippen molar-refractivity contribution in [3.05, 3.63) is 84.4 Å². The summed E-state index contributed by atoms with van der Waals surface area (Å²) >= 11 is 0. The molecule has 192 valence electrons. The van der Waals surface area contributed by atoms with Gasteiger partial charge in [-0.05, 0) is 17.7 Å². The Hall–Kier alpha value is -4.61. The largest absolute Gasteiger partial charge is 0.493 e. The van der Waals surface area contributed by atoms with Crippen molar-refractivity contribution in [3.8, 4) is 28.8 Å². The standard InChI is InChI=1S/C30H29N5O3/c1-37-27-16-22-15-25(29(21-11-7-4-8-12-21)32-24(22)17-28(27)38-2)33-30(36)34-26-19-35(14-13-31)18-23(26)20-9-5-3-6-10-20/h3-12,15-17,23,26H,14,18-19H2,1-2H3,(H2,33,34,36)/t23-,26+/m0/s1. The van der Waals surface area contributed by atoms with Crippen LogP contribution in [0.25, 0.3) is 22.2 Å². The minimum Gasteiger partial charge on any atom is -0.493 e. The number of carbonyl (C=O) groups excluding carboxylic acids is 1. The number of rotatable bonds is 7. The maximum Gasteiger partial charge on any atom is 0.319 e. The number of amides is 2. The molecule has 0 radical (unpaired) electrons. The van der Waals surface area contributed by atoms with Gasteiger partial charge in [0.2, 0.25) is 0 Å². The van der Waals surface area contributed by atoms with Crippen molar-refractivity contribution >= 4 is 22.6 Å². The number of nitriles is 1. The third-order valence-electron chi connectivity index (χ3n) is 6.85.